The summed E-state index contributed by atoms with van der Waals surface area (Å²) < 4.78 is 5.43. The quantitative estimate of drug-likeness (QED) is 0.616. The molecule has 0 atom stereocenters. The van der Waals surface area contributed by atoms with E-state index in [-0.39, 0.29) is 0 Å². The van der Waals surface area contributed by atoms with Crippen LogP contribution in [0.2, 0.25) is 0 Å². The molecule has 2 aromatic carbocycles. The molecule has 4 nitrogen and oxygen atoms in total. The molecule has 0 aliphatic rings. The van der Waals surface area contributed by atoms with E-state index in [1.807, 2.05) is 36.2 Å². The predicted molar refractivity (Wildman–Crippen MR) is 101 cm³/mol. The SMILES string of the molecule is CCOc1ccc(NC(=S)NN(CC)c2ccc(C)cc2)cc1. The van der Waals surface area contributed by atoms with Gasteiger partial charge < -0.3 is 10.1 Å². The molecule has 0 aliphatic heterocycles. The molecule has 0 spiro atoms. The summed E-state index contributed by atoms with van der Waals surface area (Å²) in [6.07, 6.45) is 0. The molecule has 0 amide bonds. The maximum atomic E-state index is 5.43. The van der Waals surface area contributed by atoms with Crippen molar-refractivity contribution in [3.05, 3.63) is 54.1 Å². The molecule has 122 valence electrons. The first-order valence-electron chi connectivity index (χ1n) is 7.77. The number of nitrogens with one attached hydrogen (secondary N) is 2. The van der Waals surface area contributed by atoms with Crippen LogP contribution in [0.5, 0.6) is 5.75 Å². The molecule has 0 saturated heterocycles. The molecule has 5 heteroatoms. The fraction of sp³-hybridized carbons (Fsp3) is 0.278. The molecule has 0 radical (unpaired) electrons. The topological polar surface area (TPSA) is 36.5 Å². The number of hydrazine groups is 1. The van der Waals surface area contributed by atoms with Crippen LogP contribution < -0.4 is 20.5 Å². The van der Waals surface area contributed by atoms with E-state index < -0.39 is 0 Å². The van der Waals surface area contributed by atoms with Crippen LogP contribution in [0, 0.1) is 6.92 Å². The van der Waals surface area contributed by atoms with Crippen LogP contribution in [0.1, 0.15) is 19.4 Å². The number of aryl methyl sites for hydroxylation is 1. The van der Waals surface area contributed by atoms with E-state index in [4.69, 9.17) is 17.0 Å². The summed E-state index contributed by atoms with van der Waals surface area (Å²) in [6, 6.07) is 16.1. The first-order chi connectivity index (χ1) is 11.1. The van der Waals surface area contributed by atoms with Crippen LogP contribution in [0.15, 0.2) is 48.5 Å². The van der Waals surface area contributed by atoms with Crippen LogP contribution in [-0.4, -0.2) is 18.3 Å². The number of thiocarbonyl (C=S) groups is 1. The monoisotopic (exact) mass is 329 g/mol. The molecular formula is C18H23N3OS. The molecule has 2 rings (SSSR count). The van der Waals surface area contributed by atoms with Crippen LogP contribution in [0.4, 0.5) is 11.4 Å². The Morgan fingerprint density at radius 3 is 2.26 bits per heavy atom. The number of ether oxygens (including phenoxy) is 1. The van der Waals surface area contributed by atoms with Crippen molar-refractivity contribution in [1.29, 1.82) is 0 Å². The third kappa shape index (κ3) is 5.14. The van der Waals surface area contributed by atoms with Crippen molar-refractivity contribution in [2.45, 2.75) is 20.8 Å². The fourth-order valence-corrected chi connectivity index (χ4v) is 2.36. The van der Waals surface area contributed by atoms with Crippen molar-refractivity contribution in [2.24, 2.45) is 0 Å². The molecule has 0 bridgehead atoms. The average molecular weight is 329 g/mol. The van der Waals surface area contributed by atoms with E-state index in [1.54, 1.807) is 0 Å². The Balaban J connectivity index is 1.95. The molecule has 0 fully saturated rings. The number of nitrogens with zero attached hydrogens (tertiary/aromatic N) is 1. The van der Waals surface area contributed by atoms with E-state index >= 15 is 0 Å². The maximum Gasteiger partial charge on any atom is 0.189 e. The van der Waals surface area contributed by atoms with Gasteiger partial charge in [-0.15, -0.1) is 0 Å². The summed E-state index contributed by atoms with van der Waals surface area (Å²) in [6.45, 7) is 7.58. The van der Waals surface area contributed by atoms with Crippen molar-refractivity contribution >= 4 is 28.7 Å². The van der Waals surface area contributed by atoms with Crippen LogP contribution in [0.25, 0.3) is 0 Å². The van der Waals surface area contributed by atoms with Crippen molar-refractivity contribution in [3.8, 4) is 5.75 Å². The maximum absolute atomic E-state index is 5.43. The van der Waals surface area contributed by atoms with Gasteiger partial charge in [0.2, 0.25) is 0 Å². The molecule has 2 N–H and O–H groups in total. The second-order valence-electron chi connectivity index (χ2n) is 5.10. The summed E-state index contributed by atoms with van der Waals surface area (Å²) in [5, 5.41) is 5.74. The van der Waals surface area contributed by atoms with Crippen molar-refractivity contribution in [1.82, 2.24) is 5.43 Å². The molecule has 0 aliphatic carbocycles. The normalized spacial score (nSPS) is 10.0. The number of benzene rings is 2. The zero-order chi connectivity index (χ0) is 16.7. The summed E-state index contributed by atoms with van der Waals surface area (Å²) in [5.41, 5.74) is 6.45. The van der Waals surface area contributed by atoms with E-state index in [1.165, 1.54) is 5.56 Å². The standard InChI is InChI=1S/C18H23N3OS/c1-4-21(16-10-6-14(3)7-11-16)20-18(23)19-15-8-12-17(13-9-15)22-5-2/h6-13H,4-5H2,1-3H3,(H2,19,20,23). The Hall–Kier alpha value is -2.27. The number of rotatable bonds is 6. The van der Waals surface area contributed by atoms with E-state index in [0.29, 0.717) is 11.7 Å². The Morgan fingerprint density at radius 2 is 1.70 bits per heavy atom. The fourth-order valence-electron chi connectivity index (χ4n) is 2.13. The van der Waals surface area contributed by atoms with Crippen LogP contribution >= 0.6 is 12.2 Å². The lowest BCUT2D eigenvalue weighted by Gasteiger charge is -2.25. The highest BCUT2D eigenvalue weighted by Crippen LogP contribution is 2.16. The summed E-state index contributed by atoms with van der Waals surface area (Å²) in [4.78, 5) is 0. The summed E-state index contributed by atoms with van der Waals surface area (Å²) in [5.74, 6) is 0.853. The third-order valence-corrected chi connectivity index (χ3v) is 3.51. The molecule has 23 heavy (non-hydrogen) atoms. The minimum absolute atomic E-state index is 0.552. The van der Waals surface area contributed by atoms with Gasteiger partial charge in [0.1, 0.15) is 5.75 Å². The number of hydrogen-bond donors (Lipinski definition) is 2. The molecule has 2 aromatic rings. The number of hydrogen-bond acceptors (Lipinski definition) is 3. The van der Waals surface area contributed by atoms with Gasteiger partial charge in [-0.3, -0.25) is 10.4 Å². The second kappa shape index (κ2) is 8.39. The van der Waals surface area contributed by atoms with E-state index in [2.05, 4.69) is 48.9 Å². The zero-order valence-electron chi connectivity index (χ0n) is 13.8. The lowest BCUT2D eigenvalue weighted by molar-refractivity contribution is 0.340. The largest absolute Gasteiger partial charge is 0.494 e. The van der Waals surface area contributed by atoms with Gasteiger partial charge in [0.05, 0.1) is 12.3 Å². The average Bonchev–Trinajstić information content (AvgIpc) is 2.56. The zero-order valence-corrected chi connectivity index (χ0v) is 14.6. The number of anilines is 2. The van der Waals surface area contributed by atoms with Gasteiger partial charge in [-0.05, 0) is 69.4 Å². The van der Waals surface area contributed by atoms with Gasteiger partial charge in [0.15, 0.2) is 5.11 Å². The van der Waals surface area contributed by atoms with Crippen molar-refractivity contribution in [2.75, 3.05) is 23.5 Å². The second-order valence-corrected chi connectivity index (χ2v) is 5.51. The highest BCUT2D eigenvalue weighted by atomic mass is 32.1. The first-order valence-corrected chi connectivity index (χ1v) is 8.18. The Morgan fingerprint density at radius 1 is 1.04 bits per heavy atom. The minimum atomic E-state index is 0.552. The molecular weight excluding hydrogens is 306 g/mol. The van der Waals surface area contributed by atoms with Crippen LogP contribution in [-0.2, 0) is 0 Å². The van der Waals surface area contributed by atoms with Gasteiger partial charge in [-0.2, -0.15) is 0 Å². The van der Waals surface area contributed by atoms with Crippen molar-refractivity contribution in [3.63, 3.8) is 0 Å². The Kier molecular flexibility index (Phi) is 6.23. The van der Waals surface area contributed by atoms with E-state index in [9.17, 15) is 0 Å². The highest BCUT2D eigenvalue weighted by Gasteiger charge is 2.06. The Bertz CT molecular complexity index is 626. The predicted octanol–water partition coefficient (Wildman–Crippen LogP) is 4.12. The summed E-state index contributed by atoms with van der Waals surface area (Å²) >= 11 is 5.39. The van der Waals surface area contributed by atoms with E-state index in [0.717, 1.165) is 23.7 Å². The smallest absolute Gasteiger partial charge is 0.189 e. The lowest BCUT2D eigenvalue weighted by Crippen LogP contribution is -2.44. The van der Waals surface area contributed by atoms with Crippen LogP contribution in [0.3, 0.4) is 0 Å². The van der Waals surface area contributed by atoms with Gasteiger partial charge in [-0.1, -0.05) is 17.7 Å². The molecule has 0 aromatic heterocycles. The minimum Gasteiger partial charge on any atom is -0.494 e. The van der Waals surface area contributed by atoms with Gasteiger partial charge >= 0.3 is 0 Å². The molecule has 0 saturated carbocycles. The summed E-state index contributed by atoms with van der Waals surface area (Å²) in [7, 11) is 0. The Labute approximate surface area is 143 Å². The molecule has 0 heterocycles. The lowest BCUT2D eigenvalue weighted by atomic mass is 10.2. The highest BCUT2D eigenvalue weighted by molar-refractivity contribution is 7.80. The van der Waals surface area contributed by atoms with Gasteiger partial charge in [0, 0.05) is 12.2 Å². The first kappa shape index (κ1) is 17.1. The van der Waals surface area contributed by atoms with Gasteiger partial charge in [0.25, 0.3) is 0 Å². The van der Waals surface area contributed by atoms with Crippen molar-refractivity contribution < 1.29 is 4.74 Å². The third-order valence-electron chi connectivity index (χ3n) is 3.32. The molecule has 0 unspecified atom stereocenters. The van der Waals surface area contributed by atoms with Gasteiger partial charge in [-0.25, -0.2) is 0 Å².